The molecule has 2 heterocycles. The van der Waals surface area contributed by atoms with Crippen molar-refractivity contribution in [2.75, 3.05) is 26.8 Å². The first-order valence-corrected chi connectivity index (χ1v) is 13.9. The smallest absolute Gasteiger partial charge is 0.279 e. The van der Waals surface area contributed by atoms with Gasteiger partial charge in [-0.05, 0) is 56.3 Å². The van der Waals surface area contributed by atoms with Crippen LogP contribution >= 0.6 is 27.3 Å². The first-order chi connectivity index (χ1) is 16.2. The zero-order chi connectivity index (χ0) is 24.5. The Kier molecular flexibility index (Phi) is 7.70. The second-order valence-corrected chi connectivity index (χ2v) is 12.0. The molecule has 1 amide bonds. The van der Waals surface area contributed by atoms with Gasteiger partial charge in [0, 0.05) is 36.8 Å². The molecule has 1 aromatic heterocycles. The van der Waals surface area contributed by atoms with E-state index >= 15 is 0 Å². The molecule has 0 radical (unpaired) electrons. The number of carbonyl (C=O) groups excluding carboxylic acids is 1. The van der Waals surface area contributed by atoms with Crippen LogP contribution in [0.4, 0.5) is 0 Å². The number of morpholine rings is 1. The monoisotopic (exact) mass is 567 g/mol. The van der Waals surface area contributed by atoms with E-state index in [4.69, 9.17) is 9.47 Å². The van der Waals surface area contributed by atoms with Gasteiger partial charge in [0.25, 0.3) is 5.91 Å². The molecule has 34 heavy (non-hydrogen) atoms. The molecule has 0 bridgehead atoms. The van der Waals surface area contributed by atoms with Crippen LogP contribution < -0.4 is 4.80 Å². The summed E-state index contributed by atoms with van der Waals surface area (Å²) in [7, 11) is -2.05. The quantitative estimate of drug-likeness (QED) is 0.453. The molecule has 0 N–H and O–H groups in total. The molecule has 2 atom stereocenters. The van der Waals surface area contributed by atoms with Crippen molar-refractivity contribution in [3.8, 4) is 0 Å². The number of nitrogens with zero attached hydrogens (tertiary/aromatic N) is 3. The number of fused-ring (bicyclic) bond motifs is 1. The molecule has 1 fully saturated rings. The number of amides is 1. The molecule has 2 aromatic carbocycles. The number of aromatic nitrogens is 1. The van der Waals surface area contributed by atoms with Crippen LogP contribution in [0.2, 0.25) is 0 Å². The zero-order valence-corrected chi connectivity index (χ0v) is 22.3. The van der Waals surface area contributed by atoms with Crippen molar-refractivity contribution in [3.05, 3.63) is 57.3 Å². The maximum atomic E-state index is 13.1. The molecule has 8 nitrogen and oxygen atoms in total. The topological polar surface area (TPSA) is 90.2 Å². The van der Waals surface area contributed by atoms with Crippen LogP contribution in [-0.4, -0.2) is 62.2 Å². The Bertz CT molecular complexity index is 1360. The summed E-state index contributed by atoms with van der Waals surface area (Å²) in [6, 6.07) is 11.8. The van der Waals surface area contributed by atoms with Gasteiger partial charge in [0.15, 0.2) is 4.80 Å². The molecule has 0 saturated carbocycles. The van der Waals surface area contributed by atoms with Gasteiger partial charge >= 0.3 is 0 Å². The van der Waals surface area contributed by atoms with Crippen molar-refractivity contribution in [2.24, 2.45) is 4.99 Å². The van der Waals surface area contributed by atoms with E-state index in [-0.39, 0.29) is 17.1 Å². The minimum absolute atomic E-state index is 0.146. The number of halogens is 1. The zero-order valence-electron chi connectivity index (χ0n) is 19.1. The predicted octanol–water partition coefficient (Wildman–Crippen LogP) is 3.65. The Labute approximate surface area is 211 Å². The summed E-state index contributed by atoms with van der Waals surface area (Å²) in [5.74, 6) is -0.436. The first-order valence-electron chi connectivity index (χ1n) is 10.8. The lowest BCUT2D eigenvalue weighted by Gasteiger charge is -2.34. The lowest BCUT2D eigenvalue weighted by Crippen LogP contribution is -2.48. The molecule has 1 aliphatic rings. The van der Waals surface area contributed by atoms with Crippen LogP contribution in [0.25, 0.3) is 10.2 Å². The summed E-state index contributed by atoms with van der Waals surface area (Å²) in [6.07, 6.45) is -0.352. The number of sulfonamides is 1. The van der Waals surface area contributed by atoms with Gasteiger partial charge in [-0.2, -0.15) is 9.30 Å². The van der Waals surface area contributed by atoms with Crippen molar-refractivity contribution >= 4 is 53.4 Å². The number of hydrogen-bond donors (Lipinski definition) is 0. The lowest BCUT2D eigenvalue weighted by molar-refractivity contribution is -0.0440. The Morgan fingerprint density at radius 3 is 2.50 bits per heavy atom. The first kappa shape index (κ1) is 25.2. The van der Waals surface area contributed by atoms with Crippen LogP contribution in [-0.2, 0) is 26.0 Å². The Morgan fingerprint density at radius 1 is 1.18 bits per heavy atom. The second kappa shape index (κ2) is 10.4. The van der Waals surface area contributed by atoms with E-state index in [2.05, 4.69) is 20.9 Å². The fourth-order valence-electron chi connectivity index (χ4n) is 3.93. The van der Waals surface area contributed by atoms with Crippen molar-refractivity contribution < 1.29 is 22.7 Å². The van der Waals surface area contributed by atoms with Crippen LogP contribution in [0, 0.1) is 0 Å². The third-order valence-electron chi connectivity index (χ3n) is 5.49. The van der Waals surface area contributed by atoms with E-state index < -0.39 is 15.9 Å². The van der Waals surface area contributed by atoms with Gasteiger partial charge in [-0.25, -0.2) is 8.42 Å². The molecule has 3 aromatic rings. The van der Waals surface area contributed by atoms with Crippen molar-refractivity contribution in [1.29, 1.82) is 0 Å². The maximum Gasteiger partial charge on any atom is 0.279 e. The minimum atomic E-state index is -3.68. The van der Waals surface area contributed by atoms with Crippen LogP contribution in [0.5, 0.6) is 0 Å². The standard InChI is InChI=1S/C23H26BrN3O5S2/c1-15-13-26(14-16(2)32-15)34(29,30)19-7-4-17(5-8-19)22(28)25-23-27(10-11-31-3)20-9-6-18(24)12-21(20)33-23/h4-9,12,15-16H,10-11,13-14H2,1-3H3/t15-,16-/m1/s1. The number of ether oxygens (including phenoxy) is 2. The normalized spacial score (nSPS) is 20.2. The minimum Gasteiger partial charge on any atom is -0.383 e. The maximum absolute atomic E-state index is 13.1. The van der Waals surface area contributed by atoms with Crippen molar-refractivity contribution in [1.82, 2.24) is 8.87 Å². The molecule has 0 aliphatic carbocycles. The summed E-state index contributed by atoms with van der Waals surface area (Å²) in [4.78, 5) is 18.0. The number of methoxy groups -OCH3 is 1. The fourth-order valence-corrected chi connectivity index (χ4v) is 7.12. The van der Waals surface area contributed by atoms with E-state index in [1.54, 1.807) is 7.11 Å². The summed E-state index contributed by atoms with van der Waals surface area (Å²) in [5.41, 5.74) is 1.28. The highest BCUT2D eigenvalue weighted by atomic mass is 79.9. The SMILES string of the molecule is COCCn1c(=NC(=O)c2ccc(S(=O)(=O)N3C[C@@H](C)O[C@H](C)C3)cc2)sc2cc(Br)ccc21. The largest absolute Gasteiger partial charge is 0.383 e. The molecular formula is C23H26BrN3O5S2. The third kappa shape index (κ3) is 5.34. The molecule has 0 unspecified atom stereocenters. The van der Waals surface area contributed by atoms with Gasteiger partial charge in [-0.15, -0.1) is 0 Å². The number of benzene rings is 2. The predicted molar refractivity (Wildman–Crippen MR) is 134 cm³/mol. The van der Waals surface area contributed by atoms with E-state index in [0.717, 1.165) is 14.7 Å². The molecular weight excluding hydrogens is 542 g/mol. The van der Waals surface area contributed by atoms with Gasteiger partial charge in [0.1, 0.15) is 0 Å². The van der Waals surface area contributed by atoms with Crippen LogP contribution in [0.3, 0.4) is 0 Å². The van der Waals surface area contributed by atoms with Gasteiger partial charge in [0.05, 0.1) is 33.9 Å². The molecule has 1 saturated heterocycles. The van der Waals surface area contributed by atoms with E-state index in [0.29, 0.717) is 36.6 Å². The Balaban J connectivity index is 1.63. The summed E-state index contributed by atoms with van der Waals surface area (Å²) >= 11 is 4.89. The Morgan fingerprint density at radius 2 is 1.85 bits per heavy atom. The van der Waals surface area contributed by atoms with Gasteiger partial charge in [0.2, 0.25) is 10.0 Å². The van der Waals surface area contributed by atoms with Crippen LogP contribution in [0.1, 0.15) is 24.2 Å². The number of thiazole rings is 1. The molecule has 182 valence electrons. The Hall–Kier alpha value is -1.89. The summed E-state index contributed by atoms with van der Waals surface area (Å²) < 4.78 is 42.3. The molecule has 11 heteroatoms. The van der Waals surface area contributed by atoms with E-state index in [9.17, 15) is 13.2 Å². The lowest BCUT2D eigenvalue weighted by atomic mass is 10.2. The average Bonchev–Trinajstić information content (AvgIpc) is 3.12. The summed E-state index contributed by atoms with van der Waals surface area (Å²) in [5, 5.41) is 0. The van der Waals surface area contributed by atoms with Crippen molar-refractivity contribution in [2.45, 2.75) is 37.5 Å². The van der Waals surface area contributed by atoms with Gasteiger partial charge in [-0.3, -0.25) is 4.79 Å². The van der Waals surface area contributed by atoms with Gasteiger partial charge in [-0.1, -0.05) is 27.3 Å². The van der Waals surface area contributed by atoms with Crippen LogP contribution in [0.15, 0.2) is 56.8 Å². The molecule has 1 aliphatic heterocycles. The molecule has 0 spiro atoms. The highest BCUT2D eigenvalue weighted by Gasteiger charge is 2.32. The van der Waals surface area contributed by atoms with Gasteiger partial charge < -0.3 is 14.0 Å². The highest BCUT2D eigenvalue weighted by molar-refractivity contribution is 9.10. The van der Waals surface area contributed by atoms with E-state index in [1.165, 1.54) is 39.9 Å². The second-order valence-electron chi connectivity index (χ2n) is 8.16. The van der Waals surface area contributed by atoms with E-state index in [1.807, 2.05) is 36.6 Å². The number of rotatable bonds is 6. The number of carbonyl (C=O) groups is 1. The molecule has 4 rings (SSSR count). The number of hydrogen-bond acceptors (Lipinski definition) is 6. The fraction of sp³-hybridized carbons (Fsp3) is 0.391. The highest BCUT2D eigenvalue weighted by Crippen LogP contribution is 2.23. The average molecular weight is 569 g/mol. The summed E-state index contributed by atoms with van der Waals surface area (Å²) in [6.45, 7) is 5.34. The third-order valence-corrected chi connectivity index (χ3v) is 8.87. The van der Waals surface area contributed by atoms with Crippen molar-refractivity contribution in [3.63, 3.8) is 0 Å².